The number of nitrogens with zero attached hydrogens (tertiary/aromatic N) is 5. The van der Waals surface area contributed by atoms with Crippen molar-refractivity contribution in [2.45, 2.75) is 32.9 Å². The average molecular weight is 421 g/mol. The van der Waals surface area contributed by atoms with E-state index in [1.165, 1.54) is 6.20 Å². The molecule has 0 unspecified atom stereocenters. The fraction of sp³-hybridized carbons (Fsp3) is 0.391. The molecule has 0 saturated carbocycles. The first-order valence-corrected chi connectivity index (χ1v) is 10.6. The summed E-state index contributed by atoms with van der Waals surface area (Å²) in [7, 11) is 1.75. The molecule has 0 bridgehead atoms. The Hall–Kier alpha value is -3.26. The average Bonchev–Trinajstić information content (AvgIpc) is 2.76. The lowest BCUT2D eigenvalue weighted by molar-refractivity contribution is 0.405. The molecular formula is C23H32N8. The number of piperazine rings is 1. The second-order valence-electron chi connectivity index (χ2n) is 7.73. The lowest BCUT2D eigenvalue weighted by atomic mass is 10.0. The van der Waals surface area contributed by atoms with E-state index >= 15 is 0 Å². The summed E-state index contributed by atoms with van der Waals surface area (Å²) in [5, 5.41) is 3.55. The zero-order valence-electron chi connectivity index (χ0n) is 18.7. The molecule has 164 valence electrons. The Bertz CT molecular complexity index is 985. The molecule has 8 nitrogen and oxygen atoms in total. The molecule has 1 fully saturated rings. The minimum atomic E-state index is 0.401. The third kappa shape index (κ3) is 5.27. The topological polar surface area (TPSA) is 118 Å². The van der Waals surface area contributed by atoms with E-state index in [-0.39, 0.29) is 0 Å². The van der Waals surface area contributed by atoms with Gasteiger partial charge in [-0.3, -0.25) is 15.0 Å². The van der Waals surface area contributed by atoms with Crippen LogP contribution in [0.4, 0.5) is 11.5 Å². The molecule has 31 heavy (non-hydrogen) atoms. The molecule has 1 aliphatic heterocycles. The van der Waals surface area contributed by atoms with Gasteiger partial charge in [0.2, 0.25) is 0 Å². The van der Waals surface area contributed by atoms with E-state index in [1.807, 2.05) is 31.2 Å². The Labute approximate surface area is 184 Å². The predicted octanol–water partition coefficient (Wildman–Crippen LogP) is 2.10. The Morgan fingerprint density at radius 3 is 2.65 bits per heavy atom. The van der Waals surface area contributed by atoms with Crippen LogP contribution in [-0.4, -0.2) is 60.7 Å². The molecule has 3 rings (SSSR count). The number of hydrogen-bond acceptors (Lipinski definition) is 8. The van der Waals surface area contributed by atoms with Gasteiger partial charge in [-0.2, -0.15) is 0 Å². The van der Waals surface area contributed by atoms with Gasteiger partial charge in [-0.05, 0) is 39.0 Å². The molecule has 3 heterocycles. The first kappa shape index (κ1) is 22.4. The second-order valence-corrected chi connectivity index (χ2v) is 7.73. The SMILES string of the molecule is CCN=CC(=CN)c1cc(C(=NC)c2cccc(N3C[C@@H](C)N[C@@H](C)C3)n2)c(N)cn1. The van der Waals surface area contributed by atoms with Crippen molar-refractivity contribution < 1.29 is 0 Å². The molecule has 2 aromatic rings. The number of pyridine rings is 2. The number of rotatable bonds is 6. The van der Waals surface area contributed by atoms with Crippen LogP contribution in [0, 0.1) is 0 Å². The monoisotopic (exact) mass is 420 g/mol. The summed E-state index contributed by atoms with van der Waals surface area (Å²) in [4.78, 5) is 20.5. The molecule has 1 saturated heterocycles. The highest BCUT2D eigenvalue weighted by molar-refractivity contribution is 6.16. The van der Waals surface area contributed by atoms with Crippen LogP contribution in [0.25, 0.3) is 5.57 Å². The Kier molecular flexibility index (Phi) is 7.36. The van der Waals surface area contributed by atoms with Crippen molar-refractivity contribution in [2.75, 3.05) is 37.3 Å². The molecule has 0 aliphatic carbocycles. The molecule has 0 radical (unpaired) electrons. The van der Waals surface area contributed by atoms with Crippen LogP contribution in [0.1, 0.15) is 37.7 Å². The number of hydrogen-bond donors (Lipinski definition) is 3. The lowest BCUT2D eigenvalue weighted by Gasteiger charge is -2.37. The maximum absolute atomic E-state index is 6.29. The Morgan fingerprint density at radius 2 is 2.00 bits per heavy atom. The van der Waals surface area contributed by atoms with Crippen LogP contribution < -0.4 is 21.7 Å². The summed E-state index contributed by atoms with van der Waals surface area (Å²) in [6, 6.07) is 8.70. The normalized spacial score (nSPS) is 20.5. The van der Waals surface area contributed by atoms with Gasteiger partial charge in [0, 0.05) is 62.3 Å². The maximum atomic E-state index is 6.29. The highest BCUT2D eigenvalue weighted by atomic mass is 15.3. The largest absolute Gasteiger partial charge is 0.404 e. The quantitative estimate of drug-likeness (QED) is 0.616. The van der Waals surface area contributed by atoms with Crippen molar-refractivity contribution in [3.63, 3.8) is 0 Å². The number of nitrogens with two attached hydrogens (primary N) is 2. The molecular weight excluding hydrogens is 388 g/mol. The van der Waals surface area contributed by atoms with Gasteiger partial charge in [-0.15, -0.1) is 0 Å². The van der Waals surface area contributed by atoms with Gasteiger partial charge >= 0.3 is 0 Å². The van der Waals surface area contributed by atoms with Gasteiger partial charge in [0.1, 0.15) is 5.82 Å². The van der Waals surface area contributed by atoms with E-state index in [9.17, 15) is 0 Å². The first-order valence-electron chi connectivity index (χ1n) is 10.6. The minimum Gasteiger partial charge on any atom is -0.404 e. The number of anilines is 2. The van der Waals surface area contributed by atoms with Crippen molar-refractivity contribution in [1.29, 1.82) is 0 Å². The van der Waals surface area contributed by atoms with Gasteiger partial charge in [0.05, 0.1) is 29.0 Å². The van der Waals surface area contributed by atoms with Crippen molar-refractivity contribution in [3.05, 3.63) is 53.6 Å². The van der Waals surface area contributed by atoms with Crippen LogP contribution in [0.15, 0.2) is 46.6 Å². The lowest BCUT2D eigenvalue weighted by Crippen LogP contribution is -2.54. The van der Waals surface area contributed by atoms with E-state index < -0.39 is 0 Å². The van der Waals surface area contributed by atoms with Crippen LogP contribution in [-0.2, 0) is 0 Å². The molecule has 0 spiro atoms. The fourth-order valence-electron chi connectivity index (χ4n) is 3.83. The number of nitrogens with one attached hydrogen (secondary N) is 1. The Balaban J connectivity index is 1.98. The summed E-state index contributed by atoms with van der Waals surface area (Å²) in [5.74, 6) is 0.935. The van der Waals surface area contributed by atoms with E-state index in [4.69, 9.17) is 16.5 Å². The number of nitrogen functional groups attached to an aromatic ring is 1. The Morgan fingerprint density at radius 1 is 1.26 bits per heavy atom. The van der Waals surface area contributed by atoms with Crippen LogP contribution in [0.3, 0.4) is 0 Å². The molecule has 2 atom stereocenters. The van der Waals surface area contributed by atoms with Crippen molar-refractivity contribution in [2.24, 2.45) is 15.7 Å². The van der Waals surface area contributed by atoms with Gasteiger partial charge in [-0.25, -0.2) is 4.98 Å². The van der Waals surface area contributed by atoms with Gasteiger partial charge in [0.25, 0.3) is 0 Å². The predicted molar refractivity (Wildman–Crippen MR) is 130 cm³/mol. The third-order valence-electron chi connectivity index (χ3n) is 5.16. The van der Waals surface area contributed by atoms with Crippen molar-refractivity contribution in [3.8, 4) is 0 Å². The summed E-state index contributed by atoms with van der Waals surface area (Å²) in [6.07, 6.45) is 4.84. The van der Waals surface area contributed by atoms with Gasteiger partial charge in [-0.1, -0.05) is 6.07 Å². The van der Waals surface area contributed by atoms with Crippen LogP contribution in [0.5, 0.6) is 0 Å². The van der Waals surface area contributed by atoms with Crippen molar-refractivity contribution in [1.82, 2.24) is 15.3 Å². The summed E-state index contributed by atoms with van der Waals surface area (Å²) < 4.78 is 0. The number of aromatic nitrogens is 2. The standard InChI is InChI=1S/C23H32N8/c1-5-27-11-17(10-24)21-9-18(19(25)12-28-21)23(26-4)20-7-6-8-22(30-20)31-13-15(2)29-16(3)14-31/h6-12,15-16,29H,5,13-14,24-25H2,1-4H3/t15-,16+. The van der Waals surface area contributed by atoms with Gasteiger partial charge < -0.3 is 21.7 Å². The molecule has 2 aromatic heterocycles. The van der Waals surface area contributed by atoms with E-state index in [2.05, 4.69) is 39.0 Å². The maximum Gasteiger partial charge on any atom is 0.129 e. The van der Waals surface area contributed by atoms with Crippen LogP contribution >= 0.6 is 0 Å². The third-order valence-corrected chi connectivity index (χ3v) is 5.16. The molecule has 0 aromatic carbocycles. The summed E-state index contributed by atoms with van der Waals surface area (Å²) in [5.41, 5.74) is 16.3. The fourth-order valence-corrected chi connectivity index (χ4v) is 3.83. The zero-order chi connectivity index (χ0) is 22.4. The number of aliphatic imine (C=N–C) groups is 2. The van der Waals surface area contributed by atoms with E-state index in [1.54, 1.807) is 19.5 Å². The molecule has 0 amide bonds. The molecule has 5 N–H and O–H groups in total. The second kappa shape index (κ2) is 10.2. The minimum absolute atomic E-state index is 0.401. The highest BCUT2D eigenvalue weighted by Crippen LogP contribution is 2.22. The zero-order valence-corrected chi connectivity index (χ0v) is 18.7. The highest BCUT2D eigenvalue weighted by Gasteiger charge is 2.23. The first-order chi connectivity index (χ1) is 15.0. The summed E-state index contributed by atoms with van der Waals surface area (Å²) >= 11 is 0. The summed E-state index contributed by atoms with van der Waals surface area (Å²) in [6.45, 7) is 8.82. The van der Waals surface area contributed by atoms with E-state index in [0.29, 0.717) is 35.7 Å². The van der Waals surface area contributed by atoms with E-state index in [0.717, 1.165) is 35.7 Å². The molecule has 8 heteroatoms. The van der Waals surface area contributed by atoms with Crippen LogP contribution in [0.2, 0.25) is 0 Å². The molecule has 1 aliphatic rings. The van der Waals surface area contributed by atoms with Crippen molar-refractivity contribution >= 4 is 29.0 Å². The number of allylic oxidation sites excluding steroid dienone is 1. The van der Waals surface area contributed by atoms with Gasteiger partial charge in [0.15, 0.2) is 0 Å². The smallest absolute Gasteiger partial charge is 0.129 e.